The summed E-state index contributed by atoms with van der Waals surface area (Å²) in [7, 11) is 3.27. The van der Waals surface area contributed by atoms with Gasteiger partial charge in [0.25, 0.3) is 5.91 Å². The number of anilines is 1. The molecule has 0 bridgehead atoms. The first kappa shape index (κ1) is 23.7. The van der Waals surface area contributed by atoms with Crippen LogP contribution in [0.3, 0.4) is 0 Å². The SMILES string of the molecule is CO[C@H]1CN(c2nc(-c3ncn(C)n3)c(C(=O)O)s2)CC[C@H]1NC(=O)c1[nH]c(C)c(Br)c1Cl. The molecule has 33 heavy (non-hydrogen) atoms. The number of hydrogen-bond acceptors (Lipinski definition) is 8. The summed E-state index contributed by atoms with van der Waals surface area (Å²) in [6.45, 7) is 2.79. The molecule has 1 amide bonds. The Bertz CT molecular complexity index is 1210. The molecule has 1 aliphatic rings. The molecule has 4 rings (SSSR count). The van der Waals surface area contributed by atoms with Gasteiger partial charge in [0.2, 0.25) is 5.82 Å². The zero-order valence-corrected chi connectivity index (χ0v) is 21.1. The maximum atomic E-state index is 12.8. The maximum absolute atomic E-state index is 12.8. The maximum Gasteiger partial charge on any atom is 0.348 e. The average Bonchev–Trinajstić information content (AvgIpc) is 3.48. The molecule has 0 aliphatic carbocycles. The van der Waals surface area contributed by atoms with E-state index >= 15 is 0 Å². The second-order valence-corrected chi connectivity index (χ2v) is 9.71. The number of rotatable bonds is 6. The van der Waals surface area contributed by atoms with Gasteiger partial charge in [0.05, 0.1) is 21.6 Å². The van der Waals surface area contributed by atoms with Gasteiger partial charge < -0.3 is 25.0 Å². The Morgan fingerprint density at radius 1 is 1.45 bits per heavy atom. The summed E-state index contributed by atoms with van der Waals surface area (Å²) >= 11 is 10.7. The lowest BCUT2D eigenvalue weighted by Crippen LogP contribution is -2.55. The van der Waals surface area contributed by atoms with Crippen molar-refractivity contribution in [1.82, 2.24) is 30.0 Å². The van der Waals surface area contributed by atoms with Gasteiger partial charge in [-0.2, -0.15) is 0 Å². The third-order valence-electron chi connectivity index (χ3n) is 5.35. The van der Waals surface area contributed by atoms with E-state index in [1.54, 1.807) is 14.2 Å². The molecule has 176 valence electrons. The van der Waals surface area contributed by atoms with E-state index in [0.29, 0.717) is 34.1 Å². The van der Waals surface area contributed by atoms with Crippen molar-refractivity contribution in [3.63, 3.8) is 0 Å². The molecule has 0 aromatic carbocycles. The topological polar surface area (TPSA) is 138 Å². The van der Waals surface area contributed by atoms with Gasteiger partial charge in [-0.05, 0) is 29.3 Å². The van der Waals surface area contributed by atoms with Crippen LogP contribution in [0, 0.1) is 6.92 Å². The number of aromatic nitrogens is 5. The number of aromatic amines is 1. The molecule has 3 aromatic heterocycles. The Balaban J connectivity index is 1.51. The third kappa shape index (κ3) is 4.63. The van der Waals surface area contributed by atoms with Crippen molar-refractivity contribution < 1.29 is 19.4 Å². The van der Waals surface area contributed by atoms with Crippen LogP contribution in [-0.4, -0.2) is 74.1 Å². The summed E-state index contributed by atoms with van der Waals surface area (Å²) in [4.78, 5) is 38.2. The van der Waals surface area contributed by atoms with Gasteiger partial charge >= 0.3 is 5.97 Å². The van der Waals surface area contributed by atoms with Gasteiger partial charge in [0.1, 0.15) is 22.6 Å². The van der Waals surface area contributed by atoms with Gasteiger partial charge in [-0.25, -0.2) is 14.8 Å². The Morgan fingerprint density at radius 3 is 2.79 bits per heavy atom. The van der Waals surface area contributed by atoms with Crippen LogP contribution >= 0.6 is 38.9 Å². The molecule has 1 saturated heterocycles. The van der Waals surface area contributed by atoms with Crippen molar-refractivity contribution in [3.05, 3.63) is 32.1 Å². The summed E-state index contributed by atoms with van der Waals surface area (Å²) in [6.07, 6.45) is 1.72. The van der Waals surface area contributed by atoms with Crippen molar-refractivity contribution in [2.24, 2.45) is 7.05 Å². The third-order valence-corrected chi connectivity index (χ3v) is 8.05. The highest BCUT2D eigenvalue weighted by atomic mass is 79.9. The minimum absolute atomic E-state index is 0.0722. The first-order valence-corrected chi connectivity index (χ1v) is 11.9. The number of piperidine rings is 1. The molecule has 0 saturated carbocycles. The van der Waals surface area contributed by atoms with Crippen LogP contribution in [0.2, 0.25) is 5.02 Å². The fraction of sp³-hybridized carbons (Fsp3) is 0.421. The van der Waals surface area contributed by atoms with E-state index in [9.17, 15) is 14.7 Å². The molecule has 11 nitrogen and oxygen atoms in total. The molecule has 14 heteroatoms. The summed E-state index contributed by atoms with van der Waals surface area (Å²) in [5, 5.41) is 17.7. The summed E-state index contributed by atoms with van der Waals surface area (Å²) < 4.78 is 7.80. The molecule has 0 radical (unpaired) electrons. The number of aromatic carboxylic acids is 1. The number of carboxylic acid groups (broad SMARTS) is 1. The molecule has 2 atom stereocenters. The molecular weight excluding hydrogens is 538 g/mol. The molecule has 0 spiro atoms. The number of aryl methyl sites for hydroxylation is 2. The van der Waals surface area contributed by atoms with Crippen LogP contribution in [-0.2, 0) is 11.8 Å². The smallest absolute Gasteiger partial charge is 0.348 e. The second-order valence-electron chi connectivity index (χ2n) is 7.56. The number of nitrogens with one attached hydrogen (secondary N) is 2. The fourth-order valence-corrected chi connectivity index (χ4v) is 5.16. The Morgan fingerprint density at radius 2 is 2.21 bits per heavy atom. The average molecular weight is 559 g/mol. The van der Waals surface area contributed by atoms with Crippen molar-refractivity contribution in [3.8, 4) is 11.5 Å². The molecule has 1 fully saturated rings. The lowest BCUT2D eigenvalue weighted by Gasteiger charge is -2.37. The zero-order valence-electron chi connectivity index (χ0n) is 17.9. The number of carbonyl (C=O) groups excluding carboxylic acids is 1. The zero-order chi connectivity index (χ0) is 23.9. The Labute approximate surface area is 206 Å². The normalized spacial score (nSPS) is 18.5. The number of halogens is 2. The number of hydrogen-bond donors (Lipinski definition) is 3. The number of carboxylic acids is 1. The van der Waals surface area contributed by atoms with Gasteiger partial charge in [0.15, 0.2) is 5.13 Å². The standard InChI is InChI=1S/C19H21BrClN7O4S/c1-8-11(20)12(21)13(23-8)17(29)24-9-4-5-28(6-10(9)32-3)19-25-14(15(33-19)18(30)31)16-22-7-27(2)26-16/h7,9-10,23H,4-6H2,1-3H3,(H,24,29)(H,30,31)/t9-,10+/m1/s1. The second kappa shape index (κ2) is 9.41. The molecule has 1 aliphatic heterocycles. The Hall–Kier alpha value is -2.48. The number of ether oxygens (including phenoxy) is 1. The summed E-state index contributed by atoms with van der Waals surface area (Å²) in [6, 6.07) is -0.256. The number of H-pyrrole nitrogens is 1. The molecule has 3 aromatic rings. The lowest BCUT2D eigenvalue weighted by atomic mass is 10.0. The summed E-state index contributed by atoms with van der Waals surface area (Å²) in [5.74, 6) is -1.15. The summed E-state index contributed by atoms with van der Waals surface area (Å²) in [5.41, 5.74) is 1.28. The molecular formula is C19H21BrClN7O4S. The minimum Gasteiger partial charge on any atom is -0.477 e. The highest BCUT2D eigenvalue weighted by molar-refractivity contribution is 9.10. The van der Waals surface area contributed by atoms with Crippen LogP contribution in [0.5, 0.6) is 0 Å². The number of thiazole rings is 1. The molecule has 3 N–H and O–H groups in total. The minimum atomic E-state index is -1.09. The van der Waals surface area contributed by atoms with Crippen molar-refractivity contribution in [2.45, 2.75) is 25.5 Å². The largest absolute Gasteiger partial charge is 0.477 e. The van der Waals surface area contributed by atoms with Crippen molar-refractivity contribution >= 4 is 55.9 Å². The van der Waals surface area contributed by atoms with E-state index in [-0.39, 0.29) is 40.1 Å². The van der Waals surface area contributed by atoms with Crippen LogP contribution in [0.25, 0.3) is 11.5 Å². The van der Waals surface area contributed by atoms with E-state index in [0.717, 1.165) is 17.0 Å². The van der Waals surface area contributed by atoms with Crippen molar-refractivity contribution in [1.29, 1.82) is 0 Å². The van der Waals surface area contributed by atoms with E-state index in [2.05, 4.69) is 41.3 Å². The highest BCUT2D eigenvalue weighted by Crippen LogP contribution is 2.34. The van der Waals surface area contributed by atoms with Gasteiger partial charge in [0, 0.05) is 32.9 Å². The van der Waals surface area contributed by atoms with E-state index in [4.69, 9.17) is 16.3 Å². The molecule has 4 heterocycles. The van der Waals surface area contributed by atoms with Crippen LogP contribution in [0.15, 0.2) is 10.8 Å². The number of amides is 1. The van der Waals surface area contributed by atoms with E-state index in [1.165, 1.54) is 11.0 Å². The van der Waals surface area contributed by atoms with Crippen molar-refractivity contribution in [2.75, 3.05) is 25.1 Å². The van der Waals surface area contributed by atoms with Crippen LogP contribution in [0.4, 0.5) is 5.13 Å². The van der Waals surface area contributed by atoms with Crippen LogP contribution in [0.1, 0.15) is 32.3 Å². The highest BCUT2D eigenvalue weighted by Gasteiger charge is 2.34. The first-order chi connectivity index (χ1) is 15.7. The van der Waals surface area contributed by atoms with Gasteiger partial charge in [-0.15, -0.1) is 5.10 Å². The van der Waals surface area contributed by atoms with Gasteiger partial charge in [-0.1, -0.05) is 22.9 Å². The fourth-order valence-electron chi connectivity index (χ4n) is 3.65. The number of nitrogens with zero attached hydrogens (tertiary/aromatic N) is 5. The monoisotopic (exact) mass is 557 g/mol. The molecule has 0 unspecified atom stereocenters. The Kier molecular flexibility index (Phi) is 6.75. The predicted octanol–water partition coefficient (Wildman–Crippen LogP) is 2.71. The van der Waals surface area contributed by atoms with E-state index < -0.39 is 5.97 Å². The predicted molar refractivity (Wildman–Crippen MR) is 126 cm³/mol. The first-order valence-electron chi connectivity index (χ1n) is 9.91. The quantitative estimate of drug-likeness (QED) is 0.420. The lowest BCUT2D eigenvalue weighted by molar-refractivity contribution is 0.0540. The van der Waals surface area contributed by atoms with Gasteiger partial charge in [-0.3, -0.25) is 9.48 Å². The van der Waals surface area contributed by atoms with E-state index in [1.807, 2.05) is 11.8 Å². The number of carbonyl (C=O) groups is 2. The number of methoxy groups -OCH3 is 1. The van der Waals surface area contributed by atoms with Crippen LogP contribution < -0.4 is 10.2 Å².